The van der Waals surface area contributed by atoms with Crippen LogP contribution in [0.3, 0.4) is 0 Å². The van der Waals surface area contributed by atoms with Crippen LogP contribution in [0.1, 0.15) is 18.1 Å². The van der Waals surface area contributed by atoms with Gasteiger partial charge in [0.25, 0.3) is 0 Å². The fourth-order valence-corrected chi connectivity index (χ4v) is 1.88. The summed E-state index contributed by atoms with van der Waals surface area (Å²) >= 11 is 0. The maximum atomic E-state index is 5.25. The number of nitrogens with zero attached hydrogens (tertiary/aromatic N) is 2. The van der Waals surface area contributed by atoms with E-state index in [4.69, 9.17) is 4.74 Å². The second kappa shape index (κ2) is 6.29. The molecule has 0 bridgehead atoms. The average Bonchev–Trinajstić information content (AvgIpc) is 2.45. The largest absolute Gasteiger partial charge is 0.496 e. The third-order valence-corrected chi connectivity index (χ3v) is 2.94. The SMILES string of the molecule is CCNCc1cnc(-c2ccc(OC)c(C)c2)nc1. The molecule has 19 heavy (non-hydrogen) atoms. The highest BCUT2D eigenvalue weighted by Crippen LogP contribution is 2.23. The summed E-state index contributed by atoms with van der Waals surface area (Å²) in [6.07, 6.45) is 3.73. The molecule has 2 rings (SSSR count). The Hall–Kier alpha value is -1.94. The van der Waals surface area contributed by atoms with Crippen LogP contribution >= 0.6 is 0 Å². The van der Waals surface area contributed by atoms with Gasteiger partial charge < -0.3 is 10.1 Å². The fraction of sp³-hybridized carbons (Fsp3) is 0.333. The van der Waals surface area contributed by atoms with Gasteiger partial charge in [0, 0.05) is 30.1 Å². The van der Waals surface area contributed by atoms with Crippen LogP contribution in [0.2, 0.25) is 0 Å². The normalized spacial score (nSPS) is 10.5. The van der Waals surface area contributed by atoms with Crippen molar-refractivity contribution >= 4 is 0 Å². The van der Waals surface area contributed by atoms with E-state index >= 15 is 0 Å². The Morgan fingerprint density at radius 2 is 1.95 bits per heavy atom. The maximum Gasteiger partial charge on any atom is 0.159 e. The number of ether oxygens (including phenoxy) is 1. The monoisotopic (exact) mass is 257 g/mol. The molecule has 1 N–H and O–H groups in total. The van der Waals surface area contributed by atoms with E-state index in [1.807, 2.05) is 37.5 Å². The van der Waals surface area contributed by atoms with Gasteiger partial charge in [0.1, 0.15) is 5.75 Å². The molecular formula is C15H19N3O. The standard InChI is InChI=1S/C15H19N3O/c1-4-16-8-12-9-17-15(18-10-12)13-5-6-14(19-3)11(2)7-13/h5-7,9-10,16H,4,8H2,1-3H3. The number of aromatic nitrogens is 2. The van der Waals surface area contributed by atoms with Gasteiger partial charge in [-0.2, -0.15) is 0 Å². The minimum absolute atomic E-state index is 0.742. The smallest absolute Gasteiger partial charge is 0.159 e. The summed E-state index contributed by atoms with van der Waals surface area (Å²) in [4.78, 5) is 8.81. The van der Waals surface area contributed by atoms with Gasteiger partial charge in [-0.15, -0.1) is 0 Å². The maximum absolute atomic E-state index is 5.25. The Labute approximate surface area is 113 Å². The fourth-order valence-electron chi connectivity index (χ4n) is 1.88. The number of nitrogens with one attached hydrogen (secondary N) is 1. The van der Waals surface area contributed by atoms with Gasteiger partial charge in [0.05, 0.1) is 7.11 Å². The van der Waals surface area contributed by atoms with Gasteiger partial charge >= 0.3 is 0 Å². The summed E-state index contributed by atoms with van der Waals surface area (Å²) in [5.41, 5.74) is 3.18. The molecule has 4 heteroatoms. The molecule has 0 atom stereocenters. The molecule has 100 valence electrons. The third kappa shape index (κ3) is 3.29. The van der Waals surface area contributed by atoms with Gasteiger partial charge in [-0.3, -0.25) is 0 Å². The molecule has 1 aromatic heterocycles. The number of hydrogen-bond acceptors (Lipinski definition) is 4. The van der Waals surface area contributed by atoms with E-state index in [0.717, 1.165) is 41.4 Å². The molecule has 0 unspecified atom stereocenters. The Morgan fingerprint density at radius 1 is 1.21 bits per heavy atom. The van der Waals surface area contributed by atoms with E-state index in [1.165, 1.54) is 0 Å². The van der Waals surface area contributed by atoms with Gasteiger partial charge in [-0.05, 0) is 37.2 Å². The van der Waals surface area contributed by atoms with Crippen LogP contribution in [0, 0.1) is 6.92 Å². The van der Waals surface area contributed by atoms with Gasteiger partial charge in [-0.25, -0.2) is 9.97 Å². The van der Waals surface area contributed by atoms with Gasteiger partial charge in [0.15, 0.2) is 5.82 Å². The lowest BCUT2D eigenvalue weighted by atomic mass is 10.1. The molecule has 1 aromatic carbocycles. The van der Waals surface area contributed by atoms with Crippen molar-refractivity contribution in [2.75, 3.05) is 13.7 Å². The van der Waals surface area contributed by atoms with Crippen LogP contribution in [0.4, 0.5) is 0 Å². The van der Waals surface area contributed by atoms with Gasteiger partial charge in [0.2, 0.25) is 0 Å². The molecule has 0 aliphatic heterocycles. The van der Waals surface area contributed by atoms with Crippen molar-refractivity contribution in [3.63, 3.8) is 0 Å². The molecule has 0 saturated heterocycles. The number of hydrogen-bond donors (Lipinski definition) is 1. The molecule has 0 fully saturated rings. The highest BCUT2D eigenvalue weighted by atomic mass is 16.5. The number of rotatable bonds is 5. The Bertz CT molecular complexity index is 538. The van der Waals surface area contributed by atoms with E-state index in [-0.39, 0.29) is 0 Å². The summed E-state index contributed by atoms with van der Waals surface area (Å²) in [5, 5.41) is 3.25. The van der Waals surface area contributed by atoms with Crippen molar-refractivity contribution in [3.05, 3.63) is 41.7 Å². The summed E-state index contributed by atoms with van der Waals surface area (Å²) in [5.74, 6) is 1.62. The number of methoxy groups -OCH3 is 1. The average molecular weight is 257 g/mol. The second-order valence-electron chi connectivity index (χ2n) is 4.38. The first-order valence-corrected chi connectivity index (χ1v) is 6.41. The highest BCUT2D eigenvalue weighted by molar-refractivity contribution is 5.58. The topological polar surface area (TPSA) is 47.0 Å². The second-order valence-corrected chi connectivity index (χ2v) is 4.38. The molecule has 0 aliphatic carbocycles. The molecule has 0 amide bonds. The predicted molar refractivity (Wildman–Crippen MR) is 76.1 cm³/mol. The van der Waals surface area contributed by atoms with Crippen molar-refractivity contribution < 1.29 is 4.74 Å². The van der Waals surface area contributed by atoms with Crippen LogP contribution in [0.15, 0.2) is 30.6 Å². The first-order valence-electron chi connectivity index (χ1n) is 6.41. The molecule has 0 radical (unpaired) electrons. The first kappa shape index (κ1) is 13.5. The Kier molecular flexibility index (Phi) is 4.47. The van der Waals surface area contributed by atoms with E-state index in [1.54, 1.807) is 7.11 Å². The molecular weight excluding hydrogens is 238 g/mol. The third-order valence-electron chi connectivity index (χ3n) is 2.94. The zero-order valence-electron chi connectivity index (χ0n) is 11.6. The van der Waals surface area contributed by atoms with Crippen LogP contribution in [0.25, 0.3) is 11.4 Å². The van der Waals surface area contributed by atoms with Crippen molar-refractivity contribution in [1.82, 2.24) is 15.3 Å². The molecule has 0 saturated carbocycles. The van der Waals surface area contributed by atoms with Crippen LogP contribution in [-0.4, -0.2) is 23.6 Å². The van der Waals surface area contributed by atoms with E-state index in [0.29, 0.717) is 0 Å². The predicted octanol–water partition coefficient (Wildman–Crippen LogP) is 2.57. The Morgan fingerprint density at radius 3 is 2.53 bits per heavy atom. The van der Waals surface area contributed by atoms with Crippen LogP contribution in [-0.2, 0) is 6.54 Å². The lowest BCUT2D eigenvalue weighted by Crippen LogP contribution is -2.12. The molecule has 4 nitrogen and oxygen atoms in total. The lowest BCUT2D eigenvalue weighted by molar-refractivity contribution is 0.412. The zero-order valence-corrected chi connectivity index (χ0v) is 11.6. The zero-order chi connectivity index (χ0) is 13.7. The highest BCUT2D eigenvalue weighted by Gasteiger charge is 2.04. The van der Waals surface area contributed by atoms with Gasteiger partial charge in [-0.1, -0.05) is 6.92 Å². The lowest BCUT2D eigenvalue weighted by Gasteiger charge is -2.07. The quantitative estimate of drug-likeness (QED) is 0.894. The number of aryl methyl sites for hydroxylation is 1. The summed E-state index contributed by atoms with van der Waals surface area (Å²) in [6, 6.07) is 5.96. The van der Waals surface area contributed by atoms with Crippen molar-refractivity contribution in [1.29, 1.82) is 0 Å². The molecule has 2 aromatic rings. The summed E-state index contributed by atoms with van der Waals surface area (Å²) in [7, 11) is 1.67. The van der Waals surface area contributed by atoms with Crippen molar-refractivity contribution in [2.45, 2.75) is 20.4 Å². The van der Waals surface area contributed by atoms with Crippen LogP contribution in [0.5, 0.6) is 5.75 Å². The minimum atomic E-state index is 0.742. The number of benzene rings is 1. The van der Waals surface area contributed by atoms with Crippen molar-refractivity contribution in [2.24, 2.45) is 0 Å². The molecule has 0 aliphatic rings. The summed E-state index contributed by atoms with van der Waals surface area (Å²) < 4.78 is 5.25. The first-order chi connectivity index (χ1) is 9.24. The summed E-state index contributed by atoms with van der Waals surface area (Å²) in [6.45, 7) is 5.84. The Balaban J connectivity index is 2.19. The van der Waals surface area contributed by atoms with E-state index < -0.39 is 0 Å². The van der Waals surface area contributed by atoms with Crippen molar-refractivity contribution in [3.8, 4) is 17.1 Å². The van der Waals surface area contributed by atoms with E-state index in [9.17, 15) is 0 Å². The molecule has 1 heterocycles. The minimum Gasteiger partial charge on any atom is -0.496 e. The molecule has 0 spiro atoms. The van der Waals surface area contributed by atoms with E-state index in [2.05, 4.69) is 22.2 Å². The van der Waals surface area contributed by atoms with Crippen LogP contribution < -0.4 is 10.1 Å².